The molecule has 0 saturated carbocycles. The molecule has 0 aromatic heterocycles. The summed E-state index contributed by atoms with van der Waals surface area (Å²) in [5, 5.41) is 0. The molecule has 1 aliphatic rings. The van der Waals surface area contributed by atoms with E-state index in [-0.39, 0.29) is 0 Å². The van der Waals surface area contributed by atoms with E-state index < -0.39 is 0 Å². The van der Waals surface area contributed by atoms with Crippen LogP contribution in [0.5, 0.6) is 0 Å². The molecule has 1 unspecified atom stereocenters. The van der Waals surface area contributed by atoms with E-state index in [1.165, 1.54) is 30.8 Å². The Labute approximate surface area is 68.8 Å². The summed E-state index contributed by atoms with van der Waals surface area (Å²) >= 11 is 2.13. The normalized spacial score (nSPS) is 26.1. The molecule has 0 spiro atoms. The maximum absolute atomic E-state index is 2.32. The van der Waals surface area contributed by atoms with E-state index in [2.05, 4.69) is 25.6 Å². The van der Waals surface area contributed by atoms with Gasteiger partial charge in [-0.25, -0.2) is 0 Å². The van der Waals surface area contributed by atoms with Gasteiger partial charge >= 0.3 is 0 Å². The van der Waals surface area contributed by atoms with Crippen molar-refractivity contribution in [2.24, 2.45) is 11.8 Å². The van der Waals surface area contributed by atoms with Gasteiger partial charge in [0.05, 0.1) is 0 Å². The van der Waals surface area contributed by atoms with Crippen molar-refractivity contribution < 1.29 is 0 Å². The Morgan fingerprint density at radius 1 is 1.50 bits per heavy atom. The zero-order chi connectivity index (χ0) is 7.40. The summed E-state index contributed by atoms with van der Waals surface area (Å²) in [5.74, 6) is 4.83. The van der Waals surface area contributed by atoms with Crippen LogP contribution in [0.15, 0.2) is 0 Å². The van der Waals surface area contributed by atoms with Gasteiger partial charge in [-0.3, -0.25) is 0 Å². The quantitative estimate of drug-likeness (QED) is 0.608. The topological polar surface area (TPSA) is 0 Å². The Kier molecular flexibility index (Phi) is 3.61. The third kappa shape index (κ3) is 2.96. The van der Waals surface area contributed by atoms with E-state index in [1.54, 1.807) is 0 Å². The van der Waals surface area contributed by atoms with Crippen molar-refractivity contribution >= 4 is 11.8 Å². The number of thioether (sulfide) groups is 1. The van der Waals surface area contributed by atoms with Crippen molar-refractivity contribution in [2.45, 2.75) is 33.1 Å². The summed E-state index contributed by atoms with van der Waals surface area (Å²) in [7, 11) is 0. The molecule has 1 aliphatic heterocycles. The average molecular weight is 158 g/mol. The van der Waals surface area contributed by atoms with Crippen molar-refractivity contribution in [3.8, 4) is 0 Å². The van der Waals surface area contributed by atoms with E-state index in [9.17, 15) is 0 Å². The summed E-state index contributed by atoms with van der Waals surface area (Å²) in [5.41, 5.74) is 0. The third-order valence-electron chi connectivity index (χ3n) is 2.18. The van der Waals surface area contributed by atoms with Crippen LogP contribution in [-0.4, -0.2) is 11.5 Å². The largest absolute Gasteiger partial charge is 0.162 e. The number of hydrogen-bond acceptors (Lipinski definition) is 1. The lowest BCUT2D eigenvalue weighted by Gasteiger charge is -2.08. The van der Waals surface area contributed by atoms with E-state index in [4.69, 9.17) is 0 Å². The fraction of sp³-hybridized carbons (Fsp3) is 1.00. The van der Waals surface area contributed by atoms with Gasteiger partial charge in [-0.2, -0.15) is 11.8 Å². The van der Waals surface area contributed by atoms with Gasteiger partial charge in [-0.15, -0.1) is 0 Å². The standard InChI is InChI=1S/C9H18S/c1-8(2)3-4-9-5-6-10-7-9/h8-9H,3-7H2,1-2H3. The Hall–Kier alpha value is 0.350. The highest BCUT2D eigenvalue weighted by Gasteiger charge is 2.14. The molecule has 1 fully saturated rings. The molecule has 1 saturated heterocycles. The maximum Gasteiger partial charge on any atom is -0.00388 e. The van der Waals surface area contributed by atoms with Gasteiger partial charge in [0.2, 0.25) is 0 Å². The van der Waals surface area contributed by atoms with Gasteiger partial charge in [-0.1, -0.05) is 20.3 Å². The lowest BCUT2D eigenvalue weighted by molar-refractivity contribution is 0.457. The van der Waals surface area contributed by atoms with Gasteiger partial charge in [0.1, 0.15) is 0 Å². The van der Waals surface area contributed by atoms with Crippen LogP contribution < -0.4 is 0 Å². The van der Waals surface area contributed by atoms with Crippen molar-refractivity contribution in [1.29, 1.82) is 0 Å². The van der Waals surface area contributed by atoms with E-state index in [0.717, 1.165) is 11.8 Å². The van der Waals surface area contributed by atoms with Crippen LogP contribution in [0.3, 0.4) is 0 Å². The van der Waals surface area contributed by atoms with Gasteiger partial charge in [-0.05, 0) is 36.2 Å². The van der Waals surface area contributed by atoms with Crippen LogP contribution in [-0.2, 0) is 0 Å². The van der Waals surface area contributed by atoms with Crippen LogP contribution in [0.2, 0.25) is 0 Å². The smallest absolute Gasteiger partial charge is 0.00388 e. The monoisotopic (exact) mass is 158 g/mol. The zero-order valence-electron chi connectivity index (χ0n) is 7.10. The molecule has 0 aliphatic carbocycles. The molecule has 1 rings (SSSR count). The van der Waals surface area contributed by atoms with Crippen LogP contribution >= 0.6 is 11.8 Å². The molecule has 1 heterocycles. The molecule has 0 aromatic rings. The highest BCUT2D eigenvalue weighted by Crippen LogP contribution is 2.28. The Balaban J connectivity index is 2.01. The van der Waals surface area contributed by atoms with Crippen molar-refractivity contribution in [3.05, 3.63) is 0 Å². The van der Waals surface area contributed by atoms with E-state index in [0.29, 0.717) is 0 Å². The summed E-state index contributed by atoms with van der Waals surface area (Å²) in [4.78, 5) is 0. The molecule has 0 nitrogen and oxygen atoms in total. The first kappa shape index (κ1) is 8.45. The fourth-order valence-corrected chi connectivity index (χ4v) is 2.71. The Morgan fingerprint density at radius 2 is 2.30 bits per heavy atom. The zero-order valence-corrected chi connectivity index (χ0v) is 7.91. The van der Waals surface area contributed by atoms with Crippen LogP contribution in [0.4, 0.5) is 0 Å². The molecule has 1 heteroatoms. The van der Waals surface area contributed by atoms with Crippen LogP contribution in [0.25, 0.3) is 0 Å². The third-order valence-corrected chi connectivity index (χ3v) is 3.41. The fourth-order valence-electron chi connectivity index (χ4n) is 1.38. The summed E-state index contributed by atoms with van der Waals surface area (Å²) in [6, 6.07) is 0. The molecule has 60 valence electrons. The summed E-state index contributed by atoms with van der Waals surface area (Å²) in [6.07, 6.45) is 4.40. The maximum atomic E-state index is 2.32. The van der Waals surface area contributed by atoms with Crippen molar-refractivity contribution in [1.82, 2.24) is 0 Å². The average Bonchev–Trinajstić information content (AvgIpc) is 2.34. The predicted molar refractivity (Wildman–Crippen MR) is 49.5 cm³/mol. The highest BCUT2D eigenvalue weighted by molar-refractivity contribution is 7.99. The van der Waals surface area contributed by atoms with Gasteiger partial charge in [0.25, 0.3) is 0 Å². The molecule has 1 atom stereocenters. The minimum atomic E-state index is 0.908. The first-order valence-corrected chi connectivity index (χ1v) is 5.52. The van der Waals surface area contributed by atoms with Gasteiger partial charge in [0, 0.05) is 0 Å². The van der Waals surface area contributed by atoms with Crippen LogP contribution in [0.1, 0.15) is 33.1 Å². The van der Waals surface area contributed by atoms with E-state index >= 15 is 0 Å². The second-order valence-electron chi connectivity index (χ2n) is 3.70. The number of rotatable bonds is 3. The van der Waals surface area contributed by atoms with Gasteiger partial charge in [0.15, 0.2) is 0 Å². The Morgan fingerprint density at radius 3 is 2.80 bits per heavy atom. The van der Waals surface area contributed by atoms with Crippen molar-refractivity contribution in [3.63, 3.8) is 0 Å². The molecule has 0 radical (unpaired) electrons. The highest BCUT2D eigenvalue weighted by atomic mass is 32.2. The molecule has 0 bridgehead atoms. The second kappa shape index (κ2) is 4.27. The van der Waals surface area contributed by atoms with Crippen molar-refractivity contribution in [2.75, 3.05) is 11.5 Å². The minimum absolute atomic E-state index is 0.908. The molecule has 0 N–H and O–H groups in total. The van der Waals surface area contributed by atoms with Crippen LogP contribution in [0, 0.1) is 11.8 Å². The molecular formula is C9H18S. The summed E-state index contributed by atoms with van der Waals surface area (Å²) in [6.45, 7) is 4.64. The SMILES string of the molecule is CC(C)CCC1CCSC1. The lowest BCUT2D eigenvalue weighted by Crippen LogP contribution is -1.99. The molecule has 0 aromatic carbocycles. The van der Waals surface area contributed by atoms with E-state index in [1.807, 2.05) is 0 Å². The first-order valence-electron chi connectivity index (χ1n) is 4.37. The Bertz CT molecular complexity index is 82.7. The van der Waals surface area contributed by atoms with Gasteiger partial charge < -0.3 is 0 Å². The minimum Gasteiger partial charge on any atom is -0.162 e. The molecule has 10 heavy (non-hydrogen) atoms. The predicted octanol–water partition coefficient (Wildman–Crippen LogP) is 3.18. The lowest BCUT2D eigenvalue weighted by atomic mass is 9.98. The molecular weight excluding hydrogens is 140 g/mol. The second-order valence-corrected chi connectivity index (χ2v) is 4.85. The summed E-state index contributed by atoms with van der Waals surface area (Å²) < 4.78 is 0. The molecule has 0 amide bonds. The number of hydrogen-bond donors (Lipinski definition) is 0. The first-order chi connectivity index (χ1) is 4.79.